The van der Waals surface area contributed by atoms with Gasteiger partial charge in [0.2, 0.25) is 0 Å². The molecule has 1 nitrogen and oxygen atoms in total. The molecule has 19 heavy (non-hydrogen) atoms. The highest BCUT2D eigenvalue weighted by atomic mass is 19.1. The van der Waals surface area contributed by atoms with Gasteiger partial charge in [-0.05, 0) is 35.6 Å². The Morgan fingerprint density at radius 2 is 1.68 bits per heavy atom. The fourth-order valence-corrected chi connectivity index (χ4v) is 2.18. The maximum absolute atomic E-state index is 13.8. The molecule has 0 amide bonds. The molecular formula is C17H19FO. The van der Waals surface area contributed by atoms with Crippen molar-refractivity contribution in [1.82, 2.24) is 0 Å². The third kappa shape index (κ3) is 3.42. The first-order valence-corrected chi connectivity index (χ1v) is 6.61. The Balaban J connectivity index is 2.35. The highest BCUT2D eigenvalue weighted by Gasteiger charge is 2.15. The summed E-state index contributed by atoms with van der Waals surface area (Å²) in [5, 5.41) is 10.1. The van der Waals surface area contributed by atoms with Crippen molar-refractivity contribution >= 4 is 0 Å². The van der Waals surface area contributed by atoms with Crippen LogP contribution in [0.1, 0.15) is 31.9 Å². The van der Waals surface area contributed by atoms with Crippen LogP contribution in [0, 0.1) is 11.7 Å². The van der Waals surface area contributed by atoms with Crippen LogP contribution < -0.4 is 0 Å². The van der Waals surface area contributed by atoms with Gasteiger partial charge in [0.1, 0.15) is 5.82 Å². The summed E-state index contributed by atoms with van der Waals surface area (Å²) in [6.07, 6.45) is -0.182. The maximum atomic E-state index is 13.8. The molecule has 0 saturated heterocycles. The fourth-order valence-electron chi connectivity index (χ4n) is 2.18. The fraction of sp³-hybridized carbons (Fsp3) is 0.294. The average Bonchev–Trinajstić information content (AvgIpc) is 2.39. The van der Waals surface area contributed by atoms with Gasteiger partial charge < -0.3 is 5.11 Å². The van der Waals surface area contributed by atoms with Gasteiger partial charge >= 0.3 is 0 Å². The molecule has 0 aliphatic rings. The topological polar surface area (TPSA) is 20.2 Å². The van der Waals surface area contributed by atoms with Crippen LogP contribution in [0.3, 0.4) is 0 Å². The minimum absolute atomic E-state index is 0.329. The molecule has 0 radical (unpaired) electrons. The first-order valence-electron chi connectivity index (χ1n) is 6.61. The average molecular weight is 258 g/mol. The van der Waals surface area contributed by atoms with Crippen molar-refractivity contribution in [1.29, 1.82) is 0 Å². The highest BCUT2D eigenvalue weighted by Crippen LogP contribution is 2.28. The third-order valence-corrected chi connectivity index (χ3v) is 3.16. The van der Waals surface area contributed by atoms with Gasteiger partial charge in [0, 0.05) is 5.56 Å². The van der Waals surface area contributed by atoms with E-state index in [1.54, 1.807) is 12.1 Å². The van der Waals surface area contributed by atoms with E-state index >= 15 is 0 Å². The summed E-state index contributed by atoms with van der Waals surface area (Å²) in [6, 6.07) is 14.7. The van der Waals surface area contributed by atoms with Crippen LogP contribution >= 0.6 is 0 Å². The van der Waals surface area contributed by atoms with Gasteiger partial charge in [0.15, 0.2) is 0 Å². The van der Waals surface area contributed by atoms with Crippen molar-refractivity contribution in [3.63, 3.8) is 0 Å². The Hall–Kier alpha value is -1.67. The second-order valence-corrected chi connectivity index (χ2v) is 5.25. The summed E-state index contributed by atoms with van der Waals surface area (Å²) in [5.74, 6) is -0.0115. The Kier molecular flexibility index (Phi) is 4.33. The molecule has 1 N–H and O–H groups in total. The normalized spacial score (nSPS) is 12.7. The summed E-state index contributed by atoms with van der Waals surface area (Å²) in [7, 11) is 0. The van der Waals surface area contributed by atoms with E-state index in [9.17, 15) is 9.50 Å². The molecule has 2 aromatic carbocycles. The van der Waals surface area contributed by atoms with Crippen molar-refractivity contribution in [3.05, 3.63) is 59.9 Å². The number of benzene rings is 2. The van der Waals surface area contributed by atoms with Crippen LogP contribution in [0.25, 0.3) is 11.1 Å². The number of aliphatic hydroxyl groups excluding tert-OH is 1. The quantitative estimate of drug-likeness (QED) is 0.851. The first-order chi connectivity index (χ1) is 9.08. The summed E-state index contributed by atoms with van der Waals surface area (Å²) in [6.45, 7) is 4.03. The Morgan fingerprint density at radius 3 is 2.32 bits per heavy atom. The van der Waals surface area contributed by atoms with Gasteiger partial charge in [-0.3, -0.25) is 0 Å². The molecule has 100 valence electrons. The molecule has 1 atom stereocenters. The summed E-state index contributed by atoms with van der Waals surface area (Å²) in [5.41, 5.74) is 2.34. The molecule has 0 fully saturated rings. The highest BCUT2D eigenvalue weighted by molar-refractivity contribution is 5.64. The number of rotatable bonds is 4. The van der Waals surface area contributed by atoms with Gasteiger partial charge in [-0.15, -0.1) is 0 Å². The zero-order chi connectivity index (χ0) is 13.8. The van der Waals surface area contributed by atoms with Crippen molar-refractivity contribution in [2.75, 3.05) is 0 Å². The Bertz CT molecular complexity index is 534. The van der Waals surface area contributed by atoms with Gasteiger partial charge in [-0.1, -0.05) is 50.2 Å². The van der Waals surface area contributed by atoms with E-state index in [1.165, 1.54) is 6.07 Å². The monoisotopic (exact) mass is 258 g/mol. The van der Waals surface area contributed by atoms with Crippen molar-refractivity contribution in [3.8, 4) is 11.1 Å². The molecule has 2 heteroatoms. The number of halogens is 1. The van der Waals surface area contributed by atoms with E-state index in [4.69, 9.17) is 0 Å². The van der Waals surface area contributed by atoms with E-state index in [0.717, 1.165) is 11.1 Å². The molecule has 0 spiro atoms. The number of hydrogen-bond acceptors (Lipinski definition) is 1. The molecule has 2 rings (SSSR count). The van der Waals surface area contributed by atoms with E-state index in [-0.39, 0.29) is 5.82 Å². The van der Waals surface area contributed by atoms with Crippen molar-refractivity contribution < 1.29 is 9.50 Å². The molecule has 1 unspecified atom stereocenters. The molecule has 0 aromatic heterocycles. The number of hydrogen-bond donors (Lipinski definition) is 1. The zero-order valence-corrected chi connectivity index (χ0v) is 11.3. The molecule has 0 heterocycles. The molecule has 2 aromatic rings. The molecule has 0 aliphatic heterocycles. The van der Waals surface area contributed by atoms with E-state index < -0.39 is 6.10 Å². The second-order valence-electron chi connectivity index (χ2n) is 5.25. The predicted molar refractivity (Wildman–Crippen MR) is 76.3 cm³/mol. The first kappa shape index (κ1) is 13.8. The van der Waals surface area contributed by atoms with Gasteiger partial charge in [0.05, 0.1) is 6.10 Å². The molecular weight excluding hydrogens is 239 g/mol. The van der Waals surface area contributed by atoms with E-state index in [0.29, 0.717) is 17.9 Å². The van der Waals surface area contributed by atoms with Crippen molar-refractivity contribution in [2.24, 2.45) is 5.92 Å². The van der Waals surface area contributed by atoms with Crippen LogP contribution in [-0.4, -0.2) is 5.11 Å². The molecule has 0 aliphatic carbocycles. The second kappa shape index (κ2) is 5.98. The largest absolute Gasteiger partial charge is 0.388 e. The summed E-state index contributed by atoms with van der Waals surface area (Å²) in [4.78, 5) is 0. The van der Waals surface area contributed by atoms with Crippen LogP contribution in [0.2, 0.25) is 0 Å². The lowest BCUT2D eigenvalue weighted by Gasteiger charge is -2.15. The van der Waals surface area contributed by atoms with Crippen LogP contribution in [0.15, 0.2) is 48.5 Å². The predicted octanol–water partition coefficient (Wildman–Crippen LogP) is 4.57. The van der Waals surface area contributed by atoms with Gasteiger partial charge in [0.25, 0.3) is 0 Å². The van der Waals surface area contributed by atoms with Crippen LogP contribution in [0.4, 0.5) is 4.39 Å². The van der Waals surface area contributed by atoms with Gasteiger partial charge in [-0.25, -0.2) is 4.39 Å². The standard InChI is InChI=1S/C17H19FO/c1-12(2)10-17(19)15-11-14(8-9-16(15)18)13-6-4-3-5-7-13/h3-9,11-12,17,19H,10H2,1-2H3. The lowest BCUT2D eigenvalue weighted by molar-refractivity contribution is 0.147. The minimum atomic E-state index is -0.747. The Morgan fingerprint density at radius 1 is 1.00 bits per heavy atom. The molecule has 0 saturated carbocycles. The maximum Gasteiger partial charge on any atom is 0.129 e. The van der Waals surface area contributed by atoms with E-state index in [1.807, 2.05) is 44.2 Å². The lowest BCUT2D eigenvalue weighted by Crippen LogP contribution is -2.04. The third-order valence-electron chi connectivity index (χ3n) is 3.16. The van der Waals surface area contributed by atoms with E-state index in [2.05, 4.69) is 0 Å². The van der Waals surface area contributed by atoms with Crippen molar-refractivity contribution in [2.45, 2.75) is 26.4 Å². The number of aliphatic hydroxyl groups is 1. The Labute approximate surface area is 113 Å². The molecule has 0 bridgehead atoms. The lowest BCUT2D eigenvalue weighted by atomic mass is 9.95. The minimum Gasteiger partial charge on any atom is -0.388 e. The summed E-state index contributed by atoms with van der Waals surface area (Å²) >= 11 is 0. The van der Waals surface area contributed by atoms with Gasteiger partial charge in [-0.2, -0.15) is 0 Å². The summed E-state index contributed by atoms with van der Waals surface area (Å²) < 4.78 is 13.8. The SMILES string of the molecule is CC(C)CC(O)c1cc(-c2ccccc2)ccc1F. The zero-order valence-electron chi connectivity index (χ0n) is 11.3. The van der Waals surface area contributed by atoms with Crippen LogP contribution in [0.5, 0.6) is 0 Å². The van der Waals surface area contributed by atoms with Crippen LogP contribution in [-0.2, 0) is 0 Å². The smallest absolute Gasteiger partial charge is 0.129 e.